The van der Waals surface area contributed by atoms with Gasteiger partial charge in [0, 0.05) is 44.3 Å². The fourth-order valence-electron chi connectivity index (χ4n) is 8.85. The predicted molar refractivity (Wildman–Crippen MR) is 274 cm³/mol. The van der Waals surface area contributed by atoms with E-state index < -0.39 is 14.0 Å². The molecule has 10 rings (SSSR count). The van der Waals surface area contributed by atoms with E-state index in [1.807, 2.05) is 74.6 Å². The number of hydrogen-bond donors (Lipinski definition) is 0. The topological polar surface area (TPSA) is 56.7 Å². The van der Waals surface area contributed by atoms with Crippen LogP contribution in [-0.4, -0.2) is 27.6 Å². The normalized spacial score (nSPS) is 13.4. The van der Waals surface area contributed by atoms with Gasteiger partial charge in [-0.1, -0.05) is 168 Å². The second kappa shape index (κ2) is 18.9. The Hall–Kier alpha value is -6.24. The number of imidazole rings is 1. The minimum atomic E-state index is -1.65. The van der Waals surface area contributed by atoms with Crippen LogP contribution in [0.2, 0.25) is 19.6 Å². The first-order chi connectivity index (χ1) is 31.6. The number of hydrogen-bond acceptors (Lipinski definition) is 4. The van der Waals surface area contributed by atoms with Gasteiger partial charge in [0.25, 0.3) is 0 Å². The van der Waals surface area contributed by atoms with E-state index in [1.54, 1.807) is 0 Å². The molecule has 0 spiro atoms. The van der Waals surface area contributed by atoms with Crippen LogP contribution in [-0.2, 0) is 25.5 Å². The molecule has 0 aliphatic rings. The molecule has 0 saturated carbocycles. The van der Waals surface area contributed by atoms with Gasteiger partial charge in [-0.05, 0) is 76.0 Å². The van der Waals surface area contributed by atoms with E-state index in [9.17, 15) is 1.37 Å². The Labute approximate surface area is 405 Å². The molecule has 10 aromatic rings. The summed E-state index contributed by atoms with van der Waals surface area (Å²) in [6.07, 6.45) is 2.02. The quantitative estimate of drug-likeness (QED) is 0.112. The first-order valence-electron chi connectivity index (χ1n) is 23.0. The molecular formula is C59H56IrN4OSi-2. The molecule has 0 amide bonds. The minimum absolute atomic E-state index is 0. The van der Waals surface area contributed by atoms with Crippen LogP contribution in [0.5, 0.6) is 0 Å². The van der Waals surface area contributed by atoms with Crippen molar-refractivity contribution < 1.29 is 25.9 Å². The average Bonchev–Trinajstić information content (AvgIpc) is 3.89. The van der Waals surface area contributed by atoms with Crippen LogP contribution in [0, 0.1) is 19.1 Å². The van der Waals surface area contributed by atoms with E-state index in [1.165, 1.54) is 16.3 Å². The van der Waals surface area contributed by atoms with Gasteiger partial charge in [-0.2, -0.15) is 0 Å². The van der Waals surface area contributed by atoms with E-state index in [4.69, 9.17) is 14.4 Å². The number of para-hydroxylation sites is 3. The zero-order valence-electron chi connectivity index (χ0n) is 40.2. The van der Waals surface area contributed by atoms with Gasteiger partial charge in [-0.25, -0.2) is 4.98 Å². The first-order valence-corrected chi connectivity index (χ1v) is 26.0. The molecule has 2 atom stereocenters. The van der Waals surface area contributed by atoms with Gasteiger partial charge in [-0.3, -0.25) is 4.98 Å². The van der Waals surface area contributed by atoms with Crippen molar-refractivity contribution in [2.24, 2.45) is 0 Å². The van der Waals surface area contributed by atoms with Gasteiger partial charge in [-0.15, -0.1) is 54.1 Å². The summed E-state index contributed by atoms with van der Waals surface area (Å²) in [7, 11) is -1.65. The van der Waals surface area contributed by atoms with Crippen molar-refractivity contribution in [3.05, 3.63) is 198 Å². The Morgan fingerprint density at radius 2 is 1.44 bits per heavy atom. The molecule has 0 bridgehead atoms. The molecule has 1 radical (unpaired) electrons. The molecule has 2 unspecified atom stereocenters. The van der Waals surface area contributed by atoms with Crippen molar-refractivity contribution in [3.63, 3.8) is 0 Å². The summed E-state index contributed by atoms with van der Waals surface area (Å²) in [6.45, 7) is 19.9. The first kappa shape index (κ1) is 44.9. The van der Waals surface area contributed by atoms with Crippen LogP contribution in [0.4, 0.5) is 0 Å². The second-order valence-electron chi connectivity index (χ2n) is 19.0. The predicted octanol–water partition coefficient (Wildman–Crippen LogP) is 15.1. The Morgan fingerprint density at radius 3 is 2.15 bits per heavy atom. The SMILES string of the molecule is Cc1ccc2c(n1)oc1c(-c3nc4ccccc4n3-c3c(-c4ccccc4)cccc3C(C)(C)C)[c-]ccc12.[2H]C(C)(c1cc(-c2[c-]cccc2)ncc1[Si](C)(C)C)C(C)c1ccccc1.[Ir]. The third-order valence-corrected chi connectivity index (χ3v) is 14.5. The number of pyridine rings is 2. The summed E-state index contributed by atoms with van der Waals surface area (Å²) in [6, 6.07) is 60.8. The second-order valence-corrected chi connectivity index (χ2v) is 24.1. The molecule has 0 fully saturated rings. The van der Waals surface area contributed by atoms with Crippen molar-refractivity contribution in [2.75, 3.05) is 0 Å². The molecule has 4 heterocycles. The van der Waals surface area contributed by atoms with E-state index in [0.29, 0.717) is 5.71 Å². The fraction of sp³-hybridized carbons (Fsp3) is 0.203. The largest absolute Gasteiger partial charge is 0.486 e. The summed E-state index contributed by atoms with van der Waals surface area (Å²) in [5.74, 6) is 0.124. The van der Waals surface area contributed by atoms with Crippen LogP contribution < -0.4 is 5.19 Å². The monoisotopic (exact) mass is 1060 g/mol. The van der Waals surface area contributed by atoms with Crippen LogP contribution in [0.25, 0.3) is 72.6 Å². The molecule has 0 aliphatic carbocycles. The molecule has 4 aromatic heterocycles. The van der Waals surface area contributed by atoms with Gasteiger partial charge in [0.2, 0.25) is 5.71 Å². The van der Waals surface area contributed by atoms with Crippen LogP contribution in [0.1, 0.15) is 70.2 Å². The van der Waals surface area contributed by atoms with Crippen molar-refractivity contribution in [1.29, 1.82) is 0 Å². The van der Waals surface area contributed by atoms with Gasteiger partial charge in [0.15, 0.2) is 0 Å². The smallest absolute Gasteiger partial charge is 0.216 e. The third kappa shape index (κ3) is 9.13. The number of fused-ring (bicyclic) bond motifs is 4. The number of aromatic nitrogens is 4. The molecular weight excluding hydrogens is 1000 g/mol. The molecule has 7 heteroatoms. The van der Waals surface area contributed by atoms with Crippen LogP contribution >= 0.6 is 0 Å². The van der Waals surface area contributed by atoms with Crippen molar-refractivity contribution in [3.8, 4) is 39.5 Å². The number of benzene rings is 6. The summed E-state index contributed by atoms with van der Waals surface area (Å²) in [5, 5.41) is 3.27. The van der Waals surface area contributed by atoms with Crippen LogP contribution in [0.3, 0.4) is 0 Å². The maximum absolute atomic E-state index is 9.37. The molecule has 0 aliphatic heterocycles. The summed E-state index contributed by atoms with van der Waals surface area (Å²) < 4.78 is 18.1. The van der Waals surface area contributed by atoms with Crippen molar-refractivity contribution >= 4 is 46.4 Å². The molecule has 333 valence electrons. The summed E-state index contributed by atoms with van der Waals surface area (Å²) in [4.78, 5) is 14.6. The summed E-state index contributed by atoms with van der Waals surface area (Å²) >= 11 is 0. The van der Waals surface area contributed by atoms with Crippen LogP contribution in [0.15, 0.2) is 168 Å². The van der Waals surface area contributed by atoms with E-state index in [0.717, 1.165) is 78.1 Å². The van der Waals surface area contributed by atoms with E-state index in [-0.39, 0.29) is 31.4 Å². The van der Waals surface area contributed by atoms with Gasteiger partial charge < -0.3 is 14.0 Å². The van der Waals surface area contributed by atoms with Crippen molar-refractivity contribution in [2.45, 2.75) is 78.4 Å². The molecule has 5 nitrogen and oxygen atoms in total. The third-order valence-electron chi connectivity index (χ3n) is 12.4. The molecule has 0 saturated heterocycles. The summed E-state index contributed by atoms with van der Waals surface area (Å²) in [5.41, 5.74) is 13.8. The maximum atomic E-state index is 9.37. The molecule has 6 aromatic carbocycles. The Kier molecular flexibility index (Phi) is 12.9. The fourth-order valence-corrected chi connectivity index (χ4v) is 10.4. The van der Waals surface area contributed by atoms with Gasteiger partial charge >= 0.3 is 0 Å². The van der Waals surface area contributed by atoms with Crippen molar-refractivity contribution in [1.82, 2.24) is 19.5 Å². The zero-order chi connectivity index (χ0) is 46.4. The standard InChI is InChI=1S/C35H28N3O.C24H28NSi.Ir/c1-22-20-21-26-25-15-10-16-27(32(25)39-34(26)36-22)33-37-29-18-8-9-19-30(29)38(33)31-24(23-12-6-5-7-13-23)14-11-17-28(31)35(2,3)4;1-18(20-12-8-6-9-13-20)19(2)22-16-23(21-14-10-7-11-15-21)25-17-24(22)26(3,4)5;/h5-15,17-21H,1-4H3;6-14,16-19H,1-5H3;/q2*-1;/i;19D;. The Morgan fingerprint density at radius 1 is 0.727 bits per heavy atom. The number of furan rings is 1. The van der Waals surface area contributed by atoms with E-state index >= 15 is 0 Å². The number of rotatable bonds is 8. The van der Waals surface area contributed by atoms with Gasteiger partial charge in [0.1, 0.15) is 0 Å². The Balaban J connectivity index is 0.000000192. The number of aryl methyl sites for hydroxylation is 1. The van der Waals surface area contributed by atoms with Gasteiger partial charge in [0.05, 0.1) is 36.2 Å². The number of nitrogens with zero attached hydrogens (tertiary/aromatic N) is 4. The minimum Gasteiger partial charge on any atom is -0.486 e. The maximum Gasteiger partial charge on any atom is 0.216 e. The molecule has 0 N–H and O–H groups in total. The Bertz CT molecular complexity index is 3330. The molecule has 66 heavy (non-hydrogen) atoms. The average molecular weight is 1060 g/mol. The zero-order valence-corrected chi connectivity index (χ0v) is 42.6. The van der Waals surface area contributed by atoms with E-state index in [2.05, 4.69) is 172 Å².